The lowest BCUT2D eigenvalue weighted by molar-refractivity contribution is -0.121. The summed E-state index contributed by atoms with van der Waals surface area (Å²) in [5.41, 5.74) is 0.826. The van der Waals surface area contributed by atoms with Crippen LogP contribution in [0.3, 0.4) is 0 Å². The second kappa shape index (κ2) is 8.53. The van der Waals surface area contributed by atoms with E-state index >= 15 is 0 Å². The van der Waals surface area contributed by atoms with Gasteiger partial charge in [-0.05, 0) is 60.4 Å². The summed E-state index contributed by atoms with van der Waals surface area (Å²) >= 11 is 1.36. The maximum absolute atomic E-state index is 12.6. The van der Waals surface area contributed by atoms with E-state index in [9.17, 15) is 4.79 Å². The number of tetrazole rings is 1. The minimum absolute atomic E-state index is 0.0398. The number of nitrogens with one attached hydrogen (secondary N) is 1. The third kappa shape index (κ3) is 4.35. The Bertz CT molecular complexity index is 733. The van der Waals surface area contributed by atoms with E-state index in [1.807, 2.05) is 31.2 Å². The zero-order valence-electron chi connectivity index (χ0n) is 15.4. The number of benzene rings is 1. The molecule has 1 saturated carbocycles. The number of carbonyl (C=O) groups excluding carboxylic acids is 1. The Morgan fingerprint density at radius 1 is 1.31 bits per heavy atom. The molecule has 0 bridgehead atoms. The van der Waals surface area contributed by atoms with Crippen molar-refractivity contribution < 1.29 is 9.53 Å². The first-order valence-corrected chi connectivity index (χ1v) is 9.86. The van der Waals surface area contributed by atoms with Crippen molar-refractivity contribution in [3.05, 3.63) is 24.3 Å². The minimum Gasteiger partial charge on any atom is -0.497 e. The Hall–Kier alpha value is -2.09. The van der Waals surface area contributed by atoms with Crippen molar-refractivity contribution in [1.82, 2.24) is 25.5 Å². The molecule has 0 spiro atoms. The summed E-state index contributed by atoms with van der Waals surface area (Å²) < 4.78 is 6.81. The van der Waals surface area contributed by atoms with Gasteiger partial charge in [-0.25, -0.2) is 0 Å². The molecular formula is C18H25N5O2S. The lowest BCUT2D eigenvalue weighted by Crippen LogP contribution is -2.44. The highest BCUT2D eigenvalue weighted by Crippen LogP contribution is 2.26. The first-order valence-electron chi connectivity index (χ1n) is 8.98. The zero-order valence-corrected chi connectivity index (χ0v) is 16.2. The third-order valence-electron chi connectivity index (χ3n) is 4.85. The second-order valence-corrected chi connectivity index (χ2v) is 8.02. The van der Waals surface area contributed by atoms with Gasteiger partial charge in [0.05, 0.1) is 18.0 Å². The summed E-state index contributed by atoms with van der Waals surface area (Å²) in [6, 6.07) is 7.75. The predicted molar refractivity (Wildman–Crippen MR) is 101 cm³/mol. The summed E-state index contributed by atoms with van der Waals surface area (Å²) in [5.74, 6) is 1.35. The molecule has 7 nitrogen and oxygen atoms in total. The highest BCUT2D eigenvalue weighted by molar-refractivity contribution is 8.00. The molecule has 1 aliphatic carbocycles. The lowest BCUT2D eigenvalue weighted by Gasteiger charge is -2.30. The summed E-state index contributed by atoms with van der Waals surface area (Å²) in [6.07, 6.45) is 4.69. The number of nitrogens with zero attached hydrogens (tertiary/aromatic N) is 4. The van der Waals surface area contributed by atoms with Gasteiger partial charge in [0, 0.05) is 6.04 Å². The van der Waals surface area contributed by atoms with Crippen molar-refractivity contribution in [2.75, 3.05) is 7.11 Å². The van der Waals surface area contributed by atoms with Gasteiger partial charge < -0.3 is 10.1 Å². The van der Waals surface area contributed by atoms with E-state index in [0.29, 0.717) is 11.1 Å². The van der Waals surface area contributed by atoms with Gasteiger partial charge in [0.15, 0.2) is 0 Å². The van der Waals surface area contributed by atoms with E-state index in [0.717, 1.165) is 17.9 Å². The number of aromatic nitrogens is 4. The molecule has 1 aliphatic rings. The molecule has 1 aromatic heterocycles. The van der Waals surface area contributed by atoms with Crippen LogP contribution in [-0.2, 0) is 4.79 Å². The van der Waals surface area contributed by atoms with Crippen LogP contribution in [0.4, 0.5) is 0 Å². The van der Waals surface area contributed by atoms with Gasteiger partial charge in [-0.15, -0.1) is 5.10 Å². The highest BCUT2D eigenvalue weighted by Gasteiger charge is 2.26. The number of thioether (sulfide) groups is 1. The largest absolute Gasteiger partial charge is 0.497 e. The highest BCUT2D eigenvalue weighted by atomic mass is 32.2. The Morgan fingerprint density at radius 3 is 2.73 bits per heavy atom. The molecule has 26 heavy (non-hydrogen) atoms. The minimum atomic E-state index is -0.271. The Labute approximate surface area is 157 Å². The van der Waals surface area contributed by atoms with Crippen LogP contribution in [0, 0.1) is 5.92 Å². The number of ether oxygens (including phenoxy) is 1. The smallest absolute Gasteiger partial charge is 0.233 e. The first-order chi connectivity index (χ1) is 12.6. The molecule has 3 rings (SSSR count). The van der Waals surface area contributed by atoms with Gasteiger partial charge >= 0.3 is 0 Å². The SMILES string of the molecule is COc1ccc(-n2nnnc2S[C@H](C)C(=O)N[C@@H]2CCCC[C@@H]2C)cc1. The molecule has 1 amide bonds. The van der Waals surface area contributed by atoms with Gasteiger partial charge in [-0.1, -0.05) is 31.5 Å². The van der Waals surface area contributed by atoms with Gasteiger partial charge in [0.25, 0.3) is 0 Å². The molecule has 1 heterocycles. The summed E-state index contributed by atoms with van der Waals surface area (Å²) in [6.45, 7) is 4.10. The van der Waals surface area contributed by atoms with Crippen LogP contribution in [0.15, 0.2) is 29.4 Å². The monoisotopic (exact) mass is 375 g/mol. The maximum atomic E-state index is 12.6. The van der Waals surface area contributed by atoms with Gasteiger partial charge in [-0.3, -0.25) is 4.79 Å². The van der Waals surface area contributed by atoms with Crippen LogP contribution in [0.5, 0.6) is 5.75 Å². The van der Waals surface area contributed by atoms with E-state index in [1.165, 1.54) is 31.0 Å². The molecule has 1 aromatic carbocycles. The predicted octanol–water partition coefficient (Wildman–Crippen LogP) is 2.85. The number of rotatable bonds is 6. The van der Waals surface area contributed by atoms with E-state index in [2.05, 4.69) is 27.8 Å². The van der Waals surface area contributed by atoms with Crippen molar-refractivity contribution in [3.8, 4) is 11.4 Å². The van der Waals surface area contributed by atoms with Crippen molar-refractivity contribution in [2.45, 2.75) is 56.0 Å². The average Bonchev–Trinajstić information content (AvgIpc) is 3.11. The molecule has 1 N–H and O–H groups in total. The quantitative estimate of drug-likeness (QED) is 0.782. The molecule has 1 fully saturated rings. The number of amides is 1. The van der Waals surface area contributed by atoms with Crippen LogP contribution < -0.4 is 10.1 Å². The number of methoxy groups -OCH3 is 1. The molecule has 0 radical (unpaired) electrons. The molecular weight excluding hydrogens is 350 g/mol. The van der Waals surface area contributed by atoms with Crippen LogP contribution in [-0.4, -0.2) is 44.5 Å². The fraction of sp³-hybridized carbons (Fsp3) is 0.556. The topological polar surface area (TPSA) is 81.9 Å². The maximum Gasteiger partial charge on any atom is 0.233 e. The molecule has 8 heteroatoms. The molecule has 2 aromatic rings. The van der Waals surface area contributed by atoms with Crippen LogP contribution in [0.2, 0.25) is 0 Å². The van der Waals surface area contributed by atoms with E-state index in [4.69, 9.17) is 4.74 Å². The Balaban J connectivity index is 1.65. The van der Waals surface area contributed by atoms with Crippen LogP contribution in [0.1, 0.15) is 39.5 Å². The number of hydrogen-bond acceptors (Lipinski definition) is 6. The fourth-order valence-electron chi connectivity index (χ4n) is 3.18. The van der Waals surface area contributed by atoms with Crippen LogP contribution >= 0.6 is 11.8 Å². The average molecular weight is 375 g/mol. The number of hydrogen-bond donors (Lipinski definition) is 1. The molecule has 140 valence electrons. The molecule has 0 unspecified atom stereocenters. The fourth-order valence-corrected chi connectivity index (χ4v) is 4.00. The summed E-state index contributed by atoms with van der Waals surface area (Å²) in [7, 11) is 1.63. The first kappa shape index (κ1) is 18.7. The van der Waals surface area contributed by atoms with Crippen molar-refractivity contribution in [2.24, 2.45) is 5.92 Å². The Morgan fingerprint density at radius 2 is 2.04 bits per heavy atom. The van der Waals surface area contributed by atoms with E-state index in [-0.39, 0.29) is 17.2 Å². The standard InChI is InChI=1S/C18H25N5O2S/c1-12-6-4-5-7-16(12)19-17(24)13(2)26-18-20-21-22-23(18)14-8-10-15(25-3)11-9-14/h8-13,16H,4-7H2,1-3H3,(H,19,24)/t12-,13+,16+/m0/s1. The van der Waals surface area contributed by atoms with Gasteiger partial charge in [0.1, 0.15) is 5.75 Å². The molecule has 0 saturated heterocycles. The van der Waals surface area contributed by atoms with Crippen molar-refractivity contribution in [3.63, 3.8) is 0 Å². The molecule has 0 aliphatic heterocycles. The molecule has 3 atom stereocenters. The van der Waals surface area contributed by atoms with Gasteiger partial charge in [-0.2, -0.15) is 4.68 Å². The van der Waals surface area contributed by atoms with Gasteiger partial charge in [0.2, 0.25) is 11.1 Å². The Kier molecular flexibility index (Phi) is 6.13. The lowest BCUT2D eigenvalue weighted by atomic mass is 9.86. The normalized spacial score (nSPS) is 21.2. The van der Waals surface area contributed by atoms with E-state index in [1.54, 1.807) is 11.8 Å². The van der Waals surface area contributed by atoms with E-state index < -0.39 is 0 Å². The summed E-state index contributed by atoms with van der Waals surface area (Å²) in [5, 5.41) is 15.4. The second-order valence-electron chi connectivity index (χ2n) is 6.71. The van der Waals surface area contributed by atoms with Crippen molar-refractivity contribution >= 4 is 17.7 Å². The van der Waals surface area contributed by atoms with Crippen molar-refractivity contribution in [1.29, 1.82) is 0 Å². The zero-order chi connectivity index (χ0) is 18.5. The summed E-state index contributed by atoms with van der Waals surface area (Å²) in [4.78, 5) is 12.6. The van der Waals surface area contributed by atoms with Crippen LogP contribution in [0.25, 0.3) is 5.69 Å². The number of carbonyl (C=O) groups is 1. The third-order valence-corrected chi connectivity index (χ3v) is 5.88.